The molecule has 4 N–H and O–H groups in total. The van der Waals surface area contributed by atoms with Gasteiger partial charge in [-0.05, 0) is 35.9 Å². The van der Waals surface area contributed by atoms with E-state index in [4.69, 9.17) is 15.6 Å². The SMILES string of the molecule is COc1ccc(C(=O)Nc2ccc(CO)cc2)cc1N. The average molecular weight is 272 g/mol. The van der Waals surface area contributed by atoms with Crippen LogP contribution in [0.2, 0.25) is 0 Å². The molecule has 0 aromatic heterocycles. The number of rotatable bonds is 4. The summed E-state index contributed by atoms with van der Waals surface area (Å²) in [5, 5.41) is 11.7. The highest BCUT2D eigenvalue weighted by atomic mass is 16.5. The van der Waals surface area contributed by atoms with Crippen LogP contribution in [0, 0.1) is 0 Å². The summed E-state index contributed by atoms with van der Waals surface area (Å²) in [6.45, 7) is -0.0246. The van der Waals surface area contributed by atoms with Gasteiger partial charge in [-0.1, -0.05) is 12.1 Å². The lowest BCUT2D eigenvalue weighted by Crippen LogP contribution is -2.12. The van der Waals surface area contributed by atoms with E-state index in [2.05, 4.69) is 5.32 Å². The molecule has 0 saturated heterocycles. The number of methoxy groups -OCH3 is 1. The summed E-state index contributed by atoms with van der Waals surface area (Å²) in [4.78, 5) is 12.1. The number of benzene rings is 2. The first kappa shape index (κ1) is 13.9. The number of ether oxygens (including phenoxy) is 1. The van der Waals surface area contributed by atoms with Crippen LogP contribution in [0.15, 0.2) is 42.5 Å². The monoisotopic (exact) mass is 272 g/mol. The molecular formula is C15H16N2O3. The number of nitrogens with two attached hydrogens (primary N) is 1. The Morgan fingerprint density at radius 3 is 2.50 bits per heavy atom. The minimum Gasteiger partial charge on any atom is -0.495 e. The van der Waals surface area contributed by atoms with Gasteiger partial charge in [0.2, 0.25) is 0 Å². The van der Waals surface area contributed by atoms with Gasteiger partial charge in [-0.2, -0.15) is 0 Å². The van der Waals surface area contributed by atoms with Crippen LogP contribution in [-0.2, 0) is 6.61 Å². The van der Waals surface area contributed by atoms with E-state index in [1.54, 1.807) is 42.5 Å². The van der Waals surface area contributed by atoms with E-state index in [1.165, 1.54) is 7.11 Å². The summed E-state index contributed by atoms with van der Waals surface area (Å²) in [5.74, 6) is 0.282. The Morgan fingerprint density at radius 1 is 1.25 bits per heavy atom. The number of aliphatic hydroxyl groups is 1. The maximum Gasteiger partial charge on any atom is 0.255 e. The van der Waals surface area contributed by atoms with Gasteiger partial charge in [0.1, 0.15) is 5.75 Å². The zero-order valence-corrected chi connectivity index (χ0v) is 11.1. The van der Waals surface area contributed by atoms with E-state index < -0.39 is 0 Å². The number of aliphatic hydroxyl groups excluding tert-OH is 1. The number of carbonyl (C=O) groups excluding carboxylic acids is 1. The number of carbonyl (C=O) groups is 1. The largest absolute Gasteiger partial charge is 0.495 e. The molecule has 20 heavy (non-hydrogen) atoms. The quantitative estimate of drug-likeness (QED) is 0.743. The van der Waals surface area contributed by atoms with Crippen LogP contribution in [0.25, 0.3) is 0 Å². The third-order valence-electron chi connectivity index (χ3n) is 2.89. The Hall–Kier alpha value is -2.53. The molecule has 0 fully saturated rings. The third kappa shape index (κ3) is 3.07. The second-order valence-corrected chi connectivity index (χ2v) is 4.27. The molecule has 2 aromatic carbocycles. The minimum absolute atomic E-state index is 0.0246. The summed E-state index contributed by atoms with van der Waals surface area (Å²) >= 11 is 0. The van der Waals surface area contributed by atoms with Crippen molar-refractivity contribution in [3.8, 4) is 5.75 Å². The lowest BCUT2D eigenvalue weighted by Gasteiger charge is -2.08. The molecule has 0 aliphatic rings. The molecule has 0 unspecified atom stereocenters. The molecule has 0 aliphatic heterocycles. The first-order valence-electron chi connectivity index (χ1n) is 6.08. The van der Waals surface area contributed by atoms with Crippen molar-refractivity contribution < 1.29 is 14.6 Å². The molecule has 0 heterocycles. The van der Waals surface area contributed by atoms with Crippen LogP contribution in [0.3, 0.4) is 0 Å². The molecule has 0 atom stereocenters. The van der Waals surface area contributed by atoms with Gasteiger partial charge in [0.15, 0.2) is 0 Å². The van der Waals surface area contributed by atoms with Crippen molar-refractivity contribution in [1.82, 2.24) is 0 Å². The van der Waals surface area contributed by atoms with E-state index in [0.29, 0.717) is 22.7 Å². The summed E-state index contributed by atoms with van der Waals surface area (Å²) < 4.78 is 5.04. The number of hydrogen-bond donors (Lipinski definition) is 3. The summed E-state index contributed by atoms with van der Waals surface area (Å²) in [6, 6.07) is 11.8. The smallest absolute Gasteiger partial charge is 0.255 e. The third-order valence-corrected chi connectivity index (χ3v) is 2.89. The number of nitrogen functional groups attached to an aromatic ring is 1. The van der Waals surface area contributed by atoms with E-state index >= 15 is 0 Å². The Balaban J connectivity index is 2.12. The van der Waals surface area contributed by atoms with E-state index in [9.17, 15) is 4.79 Å². The number of anilines is 2. The van der Waals surface area contributed by atoms with Crippen LogP contribution < -0.4 is 15.8 Å². The Bertz CT molecular complexity index is 609. The highest BCUT2D eigenvalue weighted by Crippen LogP contribution is 2.22. The van der Waals surface area contributed by atoms with Crippen LogP contribution in [0.1, 0.15) is 15.9 Å². The molecule has 5 heteroatoms. The van der Waals surface area contributed by atoms with Crippen LogP contribution >= 0.6 is 0 Å². The maximum absolute atomic E-state index is 12.1. The van der Waals surface area contributed by atoms with Crippen molar-refractivity contribution >= 4 is 17.3 Å². The van der Waals surface area contributed by atoms with E-state index in [0.717, 1.165) is 5.56 Å². The fourth-order valence-corrected chi connectivity index (χ4v) is 1.77. The molecule has 104 valence electrons. The Morgan fingerprint density at radius 2 is 1.95 bits per heavy atom. The summed E-state index contributed by atoms with van der Waals surface area (Å²) in [5.41, 5.74) is 8.08. The summed E-state index contributed by atoms with van der Waals surface area (Å²) in [6.07, 6.45) is 0. The topological polar surface area (TPSA) is 84.6 Å². The zero-order valence-electron chi connectivity index (χ0n) is 11.1. The lowest BCUT2D eigenvalue weighted by atomic mass is 10.1. The standard InChI is InChI=1S/C15H16N2O3/c1-20-14-7-4-11(8-13(14)16)15(19)17-12-5-2-10(9-18)3-6-12/h2-8,18H,9,16H2,1H3,(H,17,19). The van der Waals surface area contributed by atoms with Gasteiger partial charge >= 0.3 is 0 Å². The van der Waals surface area contributed by atoms with Crippen LogP contribution in [-0.4, -0.2) is 18.1 Å². The van der Waals surface area contributed by atoms with Gasteiger partial charge in [0.25, 0.3) is 5.91 Å². The molecule has 5 nitrogen and oxygen atoms in total. The zero-order chi connectivity index (χ0) is 14.5. The van der Waals surface area contributed by atoms with Crippen LogP contribution in [0.5, 0.6) is 5.75 Å². The van der Waals surface area contributed by atoms with Gasteiger partial charge in [0.05, 0.1) is 19.4 Å². The molecule has 1 amide bonds. The van der Waals surface area contributed by atoms with Crippen molar-refractivity contribution in [3.05, 3.63) is 53.6 Å². The van der Waals surface area contributed by atoms with Gasteiger partial charge in [-0.15, -0.1) is 0 Å². The van der Waals surface area contributed by atoms with Gasteiger partial charge in [-0.25, -0.2) is 0 Å². The van der Waals surface area contributed by atoms with Gasteiger partial charge in [0, 0.05) is 11.3 Å². The first-order valence-corrected chi connectivity index (χ1v) is 6.08. The van der Waals surface area contributed by atoms with Crippen molar-refractivity contribution in [2.75, 3.05) is 18.2 Å². The molecule has 0 bridgehead atoms. The second-order valence-electron chi connectivity index (χ2n) is 4.27. The van der Waals surface area contributed by atoms with Crippen LogP contribution in [0.4, 0.5) is 11.4 Å². The van der Waals surface area contributed by atoms with E-state index in [1.807, 2.05) is 0 Å². The molecule has 0 spiro atoms. The maximum atomic E-state index is 12.1. The highest BCUT2D eigenvalue weighted by Gasteiger charge is 2.08. The average Bonchev–Trinajstić information content (AvgIpc) is 2.48. The van der Waals surface area contributed by atoms with Crippen molar-refractivity contribution in [2.45, 2.75) is 6.61 Å². The second kappa shape index (κ2) is 6.08. The number of amides is 1. The molecule has 0 saturated carbocycles. The minimum atomic E-state index is -0.254. The van der Waals surface area contributed by atoms with Crippen molar-refractivity contribution in [3.63, 3.8) is 0 Å². The molecule has 0 radical (unpaired) electrons. The van der Waals surface area contributed by atoms with Crippen molar-refractivity contribution in [1.29, 1.82) is 0 Å². The summed E-state index contributed by atoms with van der Waals surface area (Å²) in [7, 11) is 1.52. The number of hydrogen-bond acceptors (Lipinski definition) is 4. The predicted octanol–water partition coefficient (Wildman–Crippen LogP) is 2.02. The lowest BCUT2D eigenvalue weighted by molar-refractivity contribution is 0.102. The molecule has 2 aromatic rings. The molecular weight excluding hydrogens is 256 g/mol. The molecule has 2 rings (SSSR count). The molecule has 0 aliphatic carbocycles. The Labute approximate surface area is 117 Å². The Kier molecular flexibility index (Phi) is 4.22. The fraction of sp³-hybridized carbons (Fsp3) is 0.133. The predicted molar refractivity (Wildman–Crippen MR) is 77.7 cm³/mol. The van der Waals surface area contributed by atoms with Gasteiger partial charge in [-0.3, -0.25) is 4.79 Å². The highest BCUT2D eigenvalue weighted by molar-refractivity contribution is 6.05. The van der Waals surface area contributed by atoms with E-state index in [-0.39, 0.29) is 12.5 Å². The van der Waals surface area contributed by atoms with Crippen molar-refractivity contribution in [2.24, 2.45) is 0 Å². The first-order chi connectivity index (χ1) is 9.63. The fourth-order valence-electron chi connectivity index (χ4n) is 1.77. The van der Waals surface area contributed by atoms with Gasteiger partial charge < -0.3 is 20.9 Å². The number of nitrogens with one attached hydrogen (secondary N) is 1. The normalized spacial score (nSPS) is 10.1.